The summed E-state index contributed by atoms with van der Waals surface area (Å²) < 4.78 is 13.8. The first-order valence-corrected chi connectivity index (χ1v) is 16.5. The van der Waals surface area contributed by atoms with Gasteiger partial charge in [-0.3, -0.25) is 14.4 Å². The molecule has 1 atom stereocenters. The van der Waals surface area contributed by atoms with Crippen LogP contribution in [0.3, 0.4) is 0 Å². The standard InChI is InChI=1S/C38H38BrN5O5/c1-22-23(2)36(45)42(4)20-31(22)25-17-33(48-6)32(34(18-25)49-7)21-43(5)38(47)30-12-9-11-28-24(3)44(15-14-29(28)30)37(46)26(19-40)16-27-10-8-13-35(39)41-27/h8-13,16-18,20,24H,14-15,21H2,1-7H3. The summed E-state index contributed by atoms with van der Waals surface area (Å²) in [6, 6.07) is 16.3. The van der Waals surface area contributed by atoms with Gasteiger partial charge in [0, 0.05) is 43.5 Å². The lowest BCUT2D eigenvalue weighted by molar-refractivity contribution is -0.129. The van der Waals surface area contributed by atoms with Crippen molar-refractivity contribution in [2.75, 3.05) is 27.8 Å². The number of nitrogens with zero attached hydrogens (tertiary/aromatic N) is 5. The van der Waals surface area contributed by atoms with Gasteiger partial charge in [-0.1, -0.05) is 18.2 Å². The van der Waals surface area contributed by atoms with E-state index in [1.807, 2.05) is 57.2 Å². The third-order valence-electron chi connectivity index (χ3n) is 9.19. The first kappa shape index (κ1) is 35.1. The highest BCUT2D eigenvalue weighted by Gasteiger charge is 2.32. The number of halogens is 1. The van der Waals surface area contributed by atoms with E-state index in [9.17, 15) is 19.6 Å². The second-order valence-corrected chi connectivity index (χ2v) is 12.9. The molecule has 0 radical (unpaired) electrons. The van der Waals surface area contributed by atoms with Crippen LogP contribution in [0.4, 0.5) is 0 Å². The number of ether oxygens (including phenoxy) is 2. The van der Waals surface area contributed by atoms with Gasteiger partial charge in [0.1, 0.15) is 27.7 Å². The molecule has 252 valence electrons. The van der Waals surface area contributed by atoms with Gasteiger partial charge < -0.3 is 23.8 Å². The lowest BCUT2D eigenvalue weighted by Gasteiger charge is -2.36. The third-order valence-corrected chi connectivity index (χ3v) is 9.64. The van der Waals surface area contributed by atoms with Crippen molar-refractivity contribution >= 4 is 33.8 Å². The van der Waals surface area contributed by atoms with Crippen molar-refractivity contribution in [3.63, 3.8) is 0 Å². The molecular weight excluding hydrogens is 686 g/mol. The zero-order valence-electron chi connectivity index (χ0n) is 28.6. The van der Waals surface area contributed by atoms with Gasteiger partial charge in [0.05, 0.1) is 38.1 Å². The maximum atomic E-state index is 14.0. The average molecular weight is 725 g/mol. The number of carbonyl (C=O) groups excluding carboxylic acids is 2. The lowest BCUT2D eigenvalue weighted by atomic mass is 9.88. The highest BCUT2D eigenvalue weighted by Crippen LogP contribution is 2.38. The Kier molecular flexibility index (Phi) is 10.4. The van der Waals surface area contributed by atoms with Crippen molar-refractivity contribution < 1.29 is 19.1 Å². The molecule has 0 saturated heterocycles. The number of nitriles is 1. The first-order chi connectivity index (χ1) is 23.4. The summed E-state index contributed by atoms with van der Waals surface area (Å²) in [7, 11) is 6.61. The van der Waals surface area contributed by atoms with Gasteiger partial charge in [0.25, 0.3) is 17.4 Å². The topological polar surface area (TPSA) is 118 Å². The Morgan fingerprint density at radius 1 is 1.10 bits per heavy atom. The molecule has 0 N–H and O–H groups in total. The van der Waals surface area contributed by atoms with Gasteiger partial charge in [-0.05, 0) is 102 Å². The minimum absolute atomic E-state index is 0.0108. The molecule has 0 spiro atoms. The zero-order valence-corrected chi connectivity index (χ0v) is 30.2. The minimum Gasteiger partial charge on any atom is -0.496 e. The quantitative estimate of drug-likeness (QED) is 0.121. The highest BCUT2D eigenvalue weighted by atomic mass is 79.9. The number of carbonyl (C=O) groups is 2. The zero-order chi connectivity index (χ0) is 35.6. The summed E-state index contributed by atoms with van der Waals surface area (Å²) in [6.07, 6.45) is 3.75. The highest BCUT2D eigenvalue weighted by molar-refractivity contribution is 9.10. The molecule has 1 unspecified atom stereocenters. The molecule has 5 rings (SSSR count). The molecule has 0 saturated carbocycles. The molecule has 0 fully saturated rings. The molecule has 2 aromatic carbocycles. The van der Waals surface area contributed by atoms with Crippen LogP contribution in [0.5, 0.6) is 11.5 Å². The van der Waals surface area contributed by atoms with E-state index in [-0.39, 0.29) is 35.5 Å². The third kappa shape index (κ3) is 6.87. The van der Waals surface area contributed by atoms with E-state index >= 15 is 0 Å². The SMILES string of the molecule is COc1cc(-c2cn(C)c(=O)c(C)c2C)cc(OC)c1CN(C)C(=O)c1cccc2c1CCN(C(=O)C(C#N)=Cc1cccc(Br)n1)C2C. The fourth-order valence-corrected chi connectivity index (χ4v) is 6.73. The normalized spacial score (nSPS) is 14.1. The number of hydrogen-bond donors (Lipinski definition) is 0. The van der Waals surface area contributed by atoms with Crippen LogP contribution in [-0.2, 0) is 24.8 Å². The largest absolute Gasteiger partial charge is 0.496 e. The Morgan fingerprint density at radius 3 is 2.41 bits per heavy atom. The van der Waals surface area contributed by atoms with Crippen molar-refractivity contribution in [1.29, 1.82) is 5.26 Å². The van der Waals surface area contributed by atoms with Crippen molar-refractivity contribution in [2.24, 2.45) is 7.05 Å². The number of hydrogen-bond acceptors (Lipinski definition) is 7. The van der Waals surface area contributed by atoms with Crippen LogP contribution in [0, 0.1) is 25.2 Å². The summed E-state index contributed by atoms with van der Waals surface area (Å²) in [6.45, 7) is 6.19. The molecule has 1 aliphatic rings. The van der Waals surface area contributed by atoms with Crippen LogP contribution in [0.25, 0.3) is 17.2 Å². The second-order valence-electron chi connectivity index (χ2n) is 12.1. The number of pyridine rings is 2. The van der Waals surface area contributed by atoms with Crippen LogP contribution in [0.1, 0.15) is 56.8 Å². The molecule has 49 heavy (non-hydrogen) atoms. The van der Waals surface area contributed by atoms with Crippen LogP contribution >= 0.6 is 15.9 Å². The van der Waals surface area contributed by atoms with Crippen LogP contribution < -0.4 is 15.0 Å². The van der Waals surface area contributed by atoms with E-state index in [1.165, 1.54) is 6.08 Å². The summed E-state index contributed by atoms with van der Waals surface area (Å²) in [5.74, 6) is 0.538. The molecule has 2 amide bonds. The monoisotopic (exact) mass is 723 g/mol. The summed E-state index contributed by atoms with van der Waals surface area (Å²) in [5.41, 5.74) is 6.68. The number of fused-ring (bicyclic) bond motifs is 1. The first-order valence-electron chi connectivity index (χ1n) is 15.7. The van der Waals surface area contributed by atoms with E-state index in [4.69, 9.17) is 9.47 Å². The van der Waals surface area contributed by atoms with Crippen LogP contribution in [0.2, 0.25) is 0 Å². The number of benzene rings is 2. The van der Waals surface area contributed by atoms with Crippen LogP contribution in [-0.4, -0.2) is 59.0 Å². The summed E-state index contributed by atoms with van der Waals surface area (Å²) in [5, 5.41) is 9.84. The van der Waals surface area contributed by atoms with Gasteiger partial charge in [0.2, 0.25) is 0 Å². The van der Waals surface area contributed by atoms with Crippen molar-refractivity contribution in [3.8, 4) is 28.7 Å². The fourth-order valence-electron chi connectivity index (χ4n) is 6.37. The molecule has 1 aliphatic heterocycles. The van der Waals surface area contributed by atoms with Gasteiger partial charge in [0.15, 0.2) is 0 Å². The van der Waals surface area contributed by atoms with E-state index in [0.29, 0.717) is 51.5 Å². The predicted octanol–water partition coefficient (Wildman–Crippen LogP) is 6.17. The Morgan fingerprint density at radius 2 is 1.78 bits per heavy atom. The van der Waals surface area contributed by atoms with Crippen molar-refractivity contribution in [1.82, 2.24) is 19.4 Å². The molecule has 3 heterocycles. The number of rotatable bonds is 8. The number of aryl methyl sites for hydroxylation is 1. The molecule has 2 aromatic heterocycles. The average Bonchev–Trinajstić information content (AvgIpc) is 3.10. The van der Waals surface area contributed by atoms with E-state index in [1.54, 1.807) is 67.1 Å². The van der Waals surface area contributed by atoms with Gasteiger partial charge in [-0.2, -0.15) is 5.26 Å². The van der Waals surface area contributed by atoms with Crippen molar-refractivity contribution in [2.45, 2.75) is 39.8 Å². The molecule has 11 heteroatoms. The molecular formula is C38H38BrN5O5. The number of methoxy groups -OCH3 is 2. The Hall–Kier alpha value is -5.21. The minimum atomic E-state index is -0.387. The second kappa shape index (κ2) is 14.5. The lowest BCUT2D eigenvalue weighted by Crippen LogP contribution is -2.40. The van der Waals surface area contributed by atoms with E-state index in [2.05, 4.69) is 20.9 Å². The van der Waals surface area contributed by atoms with E-state index < -0.39 is 0 Å². The summed E-state index contributed by atoms with van der Waals surface area (Å²) in [4.78, 5) is 47.7. The van der Waals surface area contributed by atoms with Gasteiger partial charge in [-0.15, -0.1) is 0 Å². The predicted molar refractivity (Wildman–Crippen MR) is 191 cm³/mol. The molecule has 0 bridgehead atoms. The maximum absolute atomic E-state index is 14.0. The fraction of sp³-hybridized carbons (Fsp3) is 0.289. The van der Waals surface area contributed by atoms with Gasteiger partial charge >= 0.3 is 0 Å². The Labute approximate surface area is 294 Å². The molecule has 4 aromatic rings. The number of amides is 2. The van der Waals surface area contributed by atoms with Crippen molar-refractivity contribution in [3.05, 3.63) is 114 Å². The van der Waals surface area contributed by atoms with Crippen LogP contribution in [0.15, 0.2) is 69.7 Å². The Bertz CT molecular complexity index is 2070. The van der Waals surface area contributed by atoms with E-state index in [0.717, 1.165) is 27.8 Å². The smallest absolute Gasteiger partial charge is 0.265 e. The maximum Gasteiger partial charge on any atom is 0.265 e. The molecule has 0 aliphatic carbocycles. The Balaban J connectivity index is 1.42. The summed E-state index contributed by atoms with van der Waals surface area (Å²) >= 11 is 3.32. The molecule has 10 nitrogen and oxygen atoms in total. The van der Waals surface area contributed by atoms with Gasteiger partial charge in [-0.25, -0.2) is 4.98 Å². The number of aromatic nitrogens is 2.